The lowest BCUT2D eigenvalue weighted by atomic mass is 10.2. The summed E-state index contributed by atoms with van der Waals surface area (Å²) in [5.74, 6) is -0.144. The molecule has 1 amide bonds. The molecule has 0 saturated carbocycles. The lowest BCUT2D eigenvalue weighted by Crippen LogP contribution is -2.12. The summed E-state index contributed by atoms with van der Waals surface area (Å²) in [6.45, 7) is 3.87. The number of hydrogen-bond acceptors (Lipinski definition) is 3. The van der Waals surface area contributed by atoms with Crippen molar-refractivity contribution in [1.29, 1.82) is 0 Å². The molecule has 5 nitrogen and oxygen atoms in total. The highest BCUT2D eigenvalue weighted by atomic mass is 16.1. The molecular weight excluding hydrogens is 276 g/mol. The first-order valence-electron chi connectivity index (χ1n) is 6.98. The maximum atomic E-state index is 12.2. The van der Waals surface area contributed by atoms with E-state index >= 15 is 0 Å². The highest BCUT2D eigenvalue weighted by molar-refractivity contribution is 6.04. The standard InChI is InChI=1S/C17H16N4O/c1-12-11-15(8-9-18-12)20-17(22)14-3-5-16(6-4-14)21-13(2)7-10-19-21/h3-11H,1-2H3,(H,18,20,22). The zero-order valence-corrected chi connectivity index (χ0v) is 12.4. The SMILES string of the molecule is Cc1cc(NC(=O)c2ccc(-n3nccc3C)cc2)ccn1. The summed E-state index contributed by atoms with van der Waals surface area (Å²) in [5.41, 5.74) is 4.18. The molecule has 0 bridgehead atoms. The highest BCUT2D eigenvalue weighted by Crippen LogP contribution is 2.13. The summed E-state index contributed by atoms with van der Waals surface area (Å²) < 4.78 is 1.83. The molecule has 0 saturated heterocycles. The Labute approximate surface area is 128 Å². The molecule has 2 aromatic heterocycles. The number of anilines is 1. The smallest absolute Gasteiger partial charge is 0.255 e. The van der Waals surface area contributed by atoms with Crippen molar-refractivity contribution in [3.63, 3.8) is 0 Å². The van der Waals surface area contributed by atoms with E-state index < -0.39 is 0 Å². The molecule has 0 aliphatic carbocycles. The summed E-state index contributed by atoms with van der Waals surface area (Å²) in [4.78, 5) is 16.3. The minimum Gasteiger partial charge on any atom is -0.322 e. The number of aromatic nitrogens is 3. The van der Waals surface area contributed by atoms with Gasteiger partial charge < -0.3 is 5.32 Å². The molecule has 0 unspecified atom stereocenters. The Bertz CT molecular complexity index is 806. The fourth-order valence-electron chi connectivity index (χ4n) is 2.22. The number of nitrogens with one attached hydrogen (secondary N) is 1. The first-order chi connectivity index (χ1) is 10.6. The molecule has 5 heteroatoms. The van der Waals surface area contributed by atoms with E-state index in [2.05, 4.69) is 15.4 Å². The van der Waals surface area contributed by atoms with E-state index in [1.807, 2.05) is 42.8 Å². The Hall–Kier alpha value is -2.95. The first kappa shape index (κ1) is 14.0. The Morgan fingerprint density at radius 2 is 1.82 bits per heavy atom. The summed E-state index contributed by atoms with van der Waals surface area (Å²) in [6.07, 6.45) is 3.43. The van der Waals surface area contributed by atoms with E-state index in [0.29, 0.717) is 5.56 Å². The summed E-state index contributed by atoms with van der Waals surface area (Å²) >= 11 is 0. The average molecular weight is 292 g/mol. The van der Waals surface area contributed by atoms with Gasteiger partial charge in [-0.1, -0.05) is 0 Å². The molecule has 110 valence electrons. The Balaban J connectivity index is 1.78. The average Bonchev–Trinajstić information content (AvgIpc) is 2.93. The third kappa shape index (κ3) is 2.88. The first-order valence-corrected chi connectivity index (χ1v) is 6.98. The molecule has 0 spiro atoms. The van der Waals surface area contributed by atoms with E-state index in [1.165, 1.54) is 0 Å². The number of benzene rings is 1. The number of carbonyl (C=O) groups is 1. The summed E-state index contributed by atoms with van der Waals surface area (Å²) in [5, 5.41) is 7.11. The number of hydrogen-bond donors (Lipinski definition) is 1. The maximum Gasteiger partial charge on any atom is 0.255 e. The van der Waals surface area contributed by atoms with Crippen molar-refractivity contribution in [2.75, 3.05) is 5.32 Å². The van der Waals surface area contributed by atoms with Gasteiger partial charge in [-0.3, -0.25) is 9.78 Å². The topological polar surface area (TPSA) is 59.8 Å². The molecule has 1 N–H and O–H groups in total. The second-order valence-electron chi connectivity index (χ2n) is 5.07. The fourth-order valence-corrected chi connectivity index (χ4v) is 2.22. The molecule has 0 aliphatic heterocycles. The Morgan fingerprint density at radius 1 is 1.05 bits per heavy atom. The van der Waals surface area contributed by atoms with Crippen molar-refractivity contribution < 1.29 is 4.79 Å². The van der Waals surface area contributed by atoms with Crippen molar-refractivity contribution in [1.82, 2.24) is 14.8 Å². The maximum absolute atomic E-state index is 12.2. The van der Waals surface area contributed by atoms with Crippen LogP contribution in [-0.4, -0.2) is 20.7 Å². The van der Waals surface area contributed by atoms with Crippen molar-refractivity contribution >= 4 is 11.6 Å². The lowest BCUT2D eigenvalue weighted by molar-refractivity contribution is 0.102. The molecule has 2 heterocycles. The Morgan fingerprint density at radius 3 is 2.45 bits per heavy atom. The predicted octanol–water partition coefficient (Wildman–Crippen LogP) is 3.14. The minimum atomic E-state index is -0.144. The number of rotatable bonds is 3. The molecule has 3 rings (SSSR count). The third-order valence-corrected chi connectivity index (χ3v) is 3.36. The van der Waals surface area contributed by atoms with Gasteiger partial charge in [0.15, 0.2) is 0 Å². The Kier molecular flexibility index (Phi) is 3.70. The van der Waals surface area contributed by atoms with Gasteiger partial charge in [-0.15, -0.1) is 0 Å². The zero-order chi connectivity index (χ0) is 15.5. The van der Waals surface area contributed by atoms with Gasteiger partial charge >= 0.3 is 0 Å². The van der Waals surface area contributed by atoms with E-state index in [4.69, 9.17) is 0 Å². The quantitative estimate of drug-likeness (QED) is 0.806. The molecule has 0 atom stereocenters. The zero-order valence-electron chi connectivity index (χ0n) is 12.4. The van der Waals surface area contributed by atoms with Crippen LogP contribution in [0.25, 0.3) is 5.69 Å². The van der Waals surface area contributed by atoms with E-state index in [9.17, 15) is 4.79 Å². The van der Waals surface area contributed by atoms with Gasteiger partial charge in [-0.2, -0.15) is 5.10 Å². The van der Waals surface area contributed by atoms with Crippen molar-refractivity contribution in [2.24, 2.45) is 0 Å². The van der Waals surface area contributed by atoms with E-state index in [-0.39, 0.29) is 5.91 Å². The van der Waals surface area contributed by atoms with E-state index in [1.54, 1.807) is 30.6 Å². The predicted molar refractivity (Wildman–Crippen MR) is 85.2 cm³/mol. The molecule has 3 aromatic rings. The number of nitrogens with zero attached hydrogens (tertiary/aromatic N) is 3. The van der Waals surface area contributed by atoms with Crippen LogP contribution < -0.4 is 5.32 Å². The molecule has 0 aliphatic rings. The van der Waals surface area contributed by atoms with Gasteiger partial charge in [0.2, 0.25) is 0 Å². The van der Waals surface area contributed by atoms with Gasteiger partial charge in [0, 0.05) is 35.0 Å². The van der Waals surface area contributed by atoms with Gasteiger partial charge in [0.1, 0.15) is 0 Å². The molecule has 22 heavy (non-hydrogen) atoms. The van der Waals surface area contributed by atoms with Gasteiger partial charge in [-0.25, -0.2) is 4.68 Å². The van der Waals surface area contributed by atoms with Crippen LogP contribution in [0.2, 0.25) is 0 Å². The van der Waals surface area contributed by atoms with Crippen LogP contribution in [0.5, 0.6) is 0 Å². The van der Waals surface area contributed by atoms with Crippen LogP contribution in [0, 0.1) is 13.8 Å². The van der Waals surface area contributed by atoms with Crippen molar-refractivity contribution in [2.45, 2.75) is 13.8 Å². The second kappa shape index (κ2) is 5.81. The summed E-state index contributed by atoms with van der Waals surface area (Å²) in [7, 11) is 0. The van der Waals surface area contributed by atoms with Crippen LogP contribution in [0.3, 0.4) is 0 Å². The number of amides is 1. The van der Waals surface area contributed by atoms with Crippen molar-refractivity contribution in [3.8, 4) is 5.69 Å². The molecule has 0 radical (unpaired) electrons. The fraction of sp³-hybridized carbons (Fsp3) is 0.118. The number of aryl methyl sites for hydroxylation is 2. The van der Waals surface area contributed by atoms with Crippen molar-refractivity contribution in [3.05, 3.63) is 71.8 Å². The van der Waals surface area contributed by atoms with Gasteiger partial charge in [0.05, 0.1) is 5.69 Å². The largest absolute Gasteiger partial charge is 0.322 e. The van der Waals surface area contributed by atoms with Crippen LogP contribution in [0.4, 0.5) is 5.69 Å². The van der Waals surface area contributed by atoms with Gasteiger partial charge in [0.25, 0.3) is 5.91 Å². The van der Waals surface area contributed by atoms with Crippen LogP contribution in [-0.2, 0) is 0 Å². The normalized spacial score (nSPS) is 10.5. The summed E-state index contributed by atoms with van der Waals surface area (Å²) in [6, 6.07) is 12.9. The van der Waals surface area contributed by atoms with E-state index in [0.717, 1.165) is 22.8 Å². The monoisotopic (exact) mass is 292 g/mol. The number of carbonyl (C=O) groups excluding carboxylic acids is 1. The molecule has 0 fully saturated rings. The number of pyridine rings is 1. The van der Waals surface area contributed by atoms with Crippen LogP contribution in [0.1, 0.15) is 21.7 Å². The molecular formula is C17H16N4O. The highest BCUT2D eigenvalue weighted by Gasteiger charge is 2.07. The van der Waals surface area contributed by atoms with Gasteiger partial charge in [-0.05, 0) is 56.3 Å². The lowest BCUT2D eigenvalue weighted by Gasteiger charge is -2.08. The molecule has 1 aromatic carbocycles. The minimum absolute atomic E-state index is 0.144. The van der Waals surface area contributed by atoms with Crippen LogP contribution >= 0.6 is 0 Å². The second-order valence-corrected chi connectivity index (χ2v) is 5.07. The third-order valence-electron chi connectivity index (χ3n) is 3.36. The van der Waals surface area contributed by atoms with Crippen LogP contribution in [0.15, 0.2) is 54.9 Å².